The first kappa shape index (κ1) is 27.5. The summed E-state index contributed by atoms with van der Waals surface area (Å²) >= 11 is 0. The number of carbonyl (C=O) groups excluding carboxylic acids is 1. The molecular formula is C29H28ClFN6O2. The second-order valence-corrected chi connectivity index (χ2v) is 9.92. The van der Waals surface area contributed by atoms with E-state index in [1.54, 1.807) is 23.1 Å². The highest BCUT2D eigenvalue weighted by atomic mass is 35.5. The summed E-state index contributed by atoms with van der Waals surface area (Å²) in [7, 11) is 0. The van der Waals surface area contributed by atoms with Gasteiger partial charge in [0.1, 0.15) is 23.1 Å². The molecule has 0 unspecified atom stereocenters. The second kappa shape index (κ2) is 11.1. The first-order chi connectivity index (χ1) is 18.2. The molecule has 0 bridgehead atoms. The van der Waals surface area contributed by atoms with Crippen molar-refractivity contribution in [2.45, 2.75) is 33.1 Å². The fourth-order valence-electron chi connectivity index (χ4n) is 3.81. The van der Waals surface area contributed by atoms with Gasteiger partial charge in [0.05, 0.1) is 28.8 Å². The number of aryl methyl sites for hydroxylation is 1. The van der Waals surface area contributed by atoms with Gasteiger partial charge in [-0.3, -0.25) is 15.3 Å². The Morgan fingerprint density at radius 1 is 0.949 bits per heavy atom. The van der Waals surface area contributed by atoms with Crippen molar-refractivity contribution in [3.63, 3.8) is 0 Å². The first-order valence-corrected chi connectivity index (χ1v) is 12.1. The summed E-state index contributed by atoms with van der Waals surface area (Å²) in [6.45, 7) is 7.99. The fraction of sp³-hybridized carbons (Fsp3) is 0.172. The van der Waals surface area contributed by atoms with E-state index in [0.29, 0.717) is 17.3 Å². The maximum Gasteiger partial charge on any atom is 0.324 e. The van der Waals surface area contributed by atoms with E-state index in [0.717, 1.165) is 28.0 Å². The molecule has 0 aliphatic carbocycles. The molecule has 2 aromatic carbocycles. The van der Waals surface area contributed by atoms with E-state index in [9.17, 15) is 9.18 Å². The van der Waals surface area contributed by atoms with Gasteiger partial charge in [-0.2, -0.15) is 5.10 Å². The normalized spacial score (nSPS) is 11.1. The van der Waals surface area contributed by atoms with E-state index in [4.69, 9.17) is 9.84 Å². The van der Waals surface area contributed by atoms with Gasteiger partial charge in [-0.05, 0) is 55.5 Å². The third-order valence-corrected chi connectivity index (χ3v) is 5.86. The summed E-state index contributed by atoms with van der Waals surface area (Å²) in [5.41, 5.74) is 2.95. The lowest BCUT2D eigenvalue weighted by Gasteiger charge is -2.14. The van der Waals surface area contributed by atoms with Crippen molar-refractivity contribution in [1.29, 1.82) is 0 Å². The Bertz CT molecular complexity index is 1630. The summed E-state index contributed by atoms with van der Waals surface area (Å²) < 4.78 is 22.0. The van der Waals surface area contributed by atoms with Crippen molar-refractivity contribution in [3.8, 4) is 17.2 Å². The van der Waals surface area contributed by atoms with Crippen LogP contribution in [0.1, 0.15) is 32.2 Å². The summed E-state index contributed by atoms with van der Waals surface area (Å²) in [5, 5.41) is 11.1. The second-order valence-electron chi connectivity index (χ2n) is 9.92. The molecule has 3 aromatic heterocycles. The summed E-state index contributed by atoms with van der Waals surface area (Å²) in [6, 6.07) is 18.5. The molecule has 0 aliphatic heterocycles. The van der Waals surface area contributed by atoms with E-state index >= 15 is 0 Å². The molecule has 0 saturated carbocycles. The topological polar surface area (TPSA) is 94.0 Å². The Labute approximate surface area is 231 Å². The lowest BCUT2D eigenvalue weighted by Crippen LogP contribution is -2.22. The van der Waals surface area contributed by atoms with Crippen molar-refractivity contribution in [3.05, 3.63) is 96.3 Å². The van der Waals surface area contributed by atoms with Gasteiger partial charge in [-0.25, -0.2) is 13.9 Å². The first-order valence-electron chi connectivity index (χ1n) is 12.1. The molecule has 200 valence electrons. The molecule has 3 heterocycles. The molecule has 8 nitrogen and oxygen atoms in total. The number of halogens is 2. The number of aromatic nitrogens is 4. The third kappa shape index (κ3) is 6.32. The van der Waals surface area contributed by atoms with Gasteiger partial charge in [0, 0.05) is 34.8 Å². The van der Waals surface area contributed by atoms with Crippen LogP contribution in [0.2, 0.25) is 0 Å². The van der Waals surface area contributed by atoms with Gasteiger partial charge in [-0.1, -0.05) is 26.8 Å². The number of benzene rings is 2. The lowest BCUT2D eigenvalue weighted by molar-refractivity contribution is 0.262. The highest BCUT2D eigenvalue weighted by Gasteiger charge is 2.22. The molecule has 0 radical (unpaired) electrons. The van der Waals surface area contributed by atoms with Crippen LogP contribution < -0.4 is 15.4 Å². The number of urea groups is 1. The largest absolute Gasteiger partial charge is 0.456 e. The molecule has 0 atom stereocenters. The Kier molecular flexibility index (Phi) is 7.83. The van der Waals surface area contributed by atoms with Crippen LogP contribution in [0, 0.1) is 12.7 Å². The molecule has 10 heteroatoms. The number of amides is 2. The van der Waals surface area contributed by atoms with Crippen molar-refractivity contribution < 1.29 is 13.9 Å². The third-order valence-electron chi connectivity index (χ3n) is 5.86. The number of nitrogens with one attached hydrogen (secondary N) is 2. The zero-order valence-electron chi connectivity index (χ0n) is 21.9. The fourth-order valence-corrected chi connectivity index (χ4v) is 3.81. The van der Waals surface area contributed by atoms with Crippen molar-refractivity contribution >= 4 is 40.8 Å². The van der Waals surface area contributed by atoms with Crippen LogP contribution in [-0.2, 0) is 5.41 Å². The Balaban J connectivity index is 0.00000353. The lowest BCUT2D eigenvalue weighted by atomic mass is 9.92. The molecule has 39 heavy (non-hydrogen) atoms. The minimum atomic E-state index is -0.623. The maximum absolute atomic E-state index is 14.6. The standard InChI is InChI=1S/C29H27FN6O2.ClH/c1-18-7-9-22(17-32-18)38-21-10-11-23(30)25(15-21)33-28(37)34-27-16-26(29(2,3)4)35-36(27)20-8-12-24-19(14-20)6-5-13-31-24;/h5-17H,1-4H3,(H2,33,34,37);1H. The van der Waals surface area contributed by atoms with E-state index in [2.05, 4.69) is 20.6 Å². The highest BCUT2D eigenvalue weighted by molar-refractivity contribution is 5.99. The van der Waals surface area contributed by atoms with Gasteiger partial charge in [0.2, 0.25) is 0 Å². The number of carbonyl (C=O) groups is 1. The van der Waals surface area contributed by atoms with Crippen molar-refractivity contribution in [2.75, 3.05) is 10.6 Å². The van der Waals surface area contributed by atoms with E-state index < -0.39 is 11.8 Å². The Morgan fingerprint density at radius 2 is 1.74 bits per heavy atom. The number of hydrogen-bond acceptors (Lipinski definition) is 5. The minimum Gasteiger partial charge on any atom is -0.456 e. The van der Waals surface area contributed by atoms with E-state index in [1.165, 1.54) is 18.2 Å². The van der Waals surface area contributed by atoms with E-state index in [-0.39, 0.29) is 23.5 Å². The van der Waals surface area contributed by atoms with Crippen LogP contribution in [0.4, 0.5) is 20.7 Å². The SMILES string of the molecule is Cc1ccc(Oc2ccc(F)c(NC(=O)Nc3cc(C(C)(C)C)nn3-c3ccc4ncccc4c3)c2)cn1.Cl. The van der Waals surface area contributed by atoms with Crippen molar-refractivity contribution in [2.24, 2.45) is 0 Å². The summed E-state index contributed by atoms with van der Waals surface area (Å²) in [4.78, 5) is 21.6. The molecule has 2 amide bonds. The number of pyridine rings is 2. The van der Waals surface area contributed by atoms with Crippen LogP contribution in [-0.4, -0.2) is 25.8 Å². The van der Waals surface area contributed by atoms with Crippen LogP contribution in [0.5, 0.6) is 11.5 Å². The van der Waals surface area contributed by atoms with Crippen LogP contribution >= 0.6 is 12.4 Å². The maximum atomic E-state index is 14.6. The van der Waals surface area contributed by atoms with Gasteiger partial charge < -0.3 is 10.1 Å². The van der Waals surface area contributed by atoms with Gasteiger partial charge >= 0.3 is 6.03 Å². The van der Waals surface area contributed by atoms with Gasteiger partial charge in [-0.15, -0.1) is 12.4 Å². The van der Waals surface area contributed by atoms with Gasteiger partial charge in [0.25, 0.3) is 0 Å². The summed E-state index contributed by atoms with van der Waals surface area (Å²) in [6.07, 6.45) is 3.32. The quantitative estimate of drug-likeness (QED) is 0.239. The molecule has 0 aliphatic rings. The van der Waals surface area contributed by atoms with E-state index in [1.807, 2.05) is 70.2 Å². The predicted molar refractivity (Wildman–Crippen MR) is 153 cm³/mol. The average Bonchev–Trinajstić information content (AvgIpc) is 3.31. The number of fused-ring (bicyclic) bond motifs is 1. The smallest absolute Gasteiger partial charge is 0.324 e. The zero-order valence-corrected chi connectivity index (χ0v) is 22.7. The van der Waals surface area contributed by atoms with Gasteiger partial charge in [0.15, 0.2) is 0 Å². The molecule has 0 spiro atoms. The predicted octanol–water partition coefficient (Wildman–Crippen LogP) is 7.42. The summed E-state index contributed by atoms with van der Waals surface area (Å²) in [5.74, 6) is 0.702. The van der Waals surface area contributed by atoms with Crippen LogP contribution in [0.25, 0.3) is 16.6 Å². The Hall–Kier alpha value is -4.50. The zero-order chi connectivity index (χ0) is 26.9. The molecule has 0 saturated heterocycles. The number of nitrogens with zero attached hydrogens (tertiary/aromatic N) is 4. The molecule has 5 rings (SSSR count). The number of anilines is 2. The average molecular weight is 547 g/mol. The highest BCUT2D eigenvalue weighted by Crippen LogP contribution is 2.29. The Morgan fingerprint density at radius 3 is 2.49 bits per heavy atom. The van der Waals surface area contributed by atoms with Crippen molar-refractivity contribution in [1.82, 2.24) is 19.7 Å². The molecule has 0 fully saturated rings. The van der Waals surface area contributed by atoms with Crippen LogP contribution in [0.3, 0.4) is 0 Å². The van der Waals surface area contributed by atoms with Crippen LogP contribution in [0.15, 0.2) is 79.1 Å². The molecular weight excluding hydrogens is 519 g/mol. The number of hydrogen-bond donors (Lipinski definition) is 2. The minimum absolute atomic E-state index is 0. The number of rotatable bonds is 5. The monoisotopic (exact) mass is 546 g/mol. The molecule has 2 N–H and O–H groups in total. The number of ether oxygens (including phenoxy) is 1. The molecule has 5 aromatic rings.